The molecule has 5 nitrogen and oxygen atoms in total. The highest BCUT2D eigenvalue weighted by Gasteiger charge is 2.22. The second-order valence-corrected chi connectivity index (χ2v) is 7.64. The van der Waals surface area contributed by atoms with Gasteiger partial charge in [-0.05, 0) is 64.6 Å². The lowest BCUT2D eigenvalue weighted by Crippen LogP contribution is -2.21. The molecule has 27 heavy (non-hydrogen) atoms. The van der Waals surface area contributed by atoms with E-state index in [9.17, 15) is 9.59 Å². The normalized spacial score (nSPS) is 17.2. The molecular formula is C20H12N2O3S2. The fourth-order valence-electron chi connectivity index (χ4n) is 3.29. The fraction of sp³-hybridized carbons (Fsp3) is 0.0500. The molecule has 3 aromatic rings. The molecule has 2 aromatic carbocycles. The van der Waals surface area contributed by atoms with Crippen molar-refractivity contribution in [2.45, 2.75) is 6.61 Å². The minimum Gasteiger partial charge on any atom is -0.457 e. The van der Waals surface area contributed by atoms with Crippen molar-refractivity contribution in [3.05, 3.63) is 64.2 Å². The fourth-order valence-corrected chi connectivity index (χ4v) is 4.39. The molecule has 0 radical (unpaired) electrons. The molecule has 0 spiro atoms. The average molecular weight is 392 g/mol. The van der Waals surface area contributed by atoms with Gasteiger partial charge in [0, 0.05) is 15.6 Å². The first kappa shape index (κ1) is 16.2. The number of thiophene rings is 1. The lowest BCUT2D eigenvalue weighted by molar-refractivity contribution is -0.115. The maximum absolute atomic E-state index is 11.9. The van der Waals surface area contributed by atoms with Crippen LogP contribution in [0.25, 0.3) is 27.3 Å². The first-order valence-electron chi connectivity index (χ1n) is 8.24. The van der Waals surface area contributed by atoms with Crippen LogP contribution in [0.4, 0.5) is 0 Å². The van der Waals surface area contributed by atoms with Gasteiger partial charge in [-0.1, -0.05) is 12.1 Å². The van der Waals surface area contributed by atoms with Crippen LogP contribution in [0.2, 0.25) is 0 Å². The predicted octanol–water partition coefficient (Wildman–Crippen LogP) is 3.58. The number of thiocarbonyl (C=S) groups is 1. The Kier molecular flexibility index (Phi) is 3.60. The van der Waals surface area contributed by atoms with Crippen LogP contribution in [0.3, 0.4) is 0 Å². The van der Waals surface area contributed by atoms with Gasteiger partial charge in [-0.3, -0.25) is 10.1 Å². The molecule has 2 aliphatic rings. The van der Waals surface area contributed by atoms with E-state index in [-0.39, 0.29) is 11.9 Å². The zero-order valence-corrected chi connectivity index (χ0v) is 15.5. The summed E-state index contributed by atoms with van der Waals surface area (Å²) in [5.41, 5.74) is 5.01. The molecule has 2 aliphatic heterocycles. The van der Waals surface area contributed by atoms with Crippen molar-refractivity contribution in [1.29, 1.82) is 0 Å². The summed E-state index contributed by atoms with van der Waals surface area (Å²) in [6.07, 6.45) is 1.81. The number of carbonyl (C=O) groups excluding carboxylic acids is 2. The van der Waals surface area contributed by atoms with E-state index in [0.29, 0.717) is 23.0 Å². The van der Waals surface area contributed by atoms with Gasteiger partial charge in [0.1, 0.15) is 12.3 Å². The van der Waals surface area contributed by atoms with E-state index >= 15 is 0 Å². The van der Waals surface area contributed by atoms with E-state index in [1.165, 1.54) is 0 Å². The Balaban J connectivity index is 1.58. The molecule has 1 fully saturated rings. The number of hydrogen-bond acceptors (Lipinski definition) is 5. The Bertz CT molecular complexity index is 1190. The van der Waals surface area contributed by atoms with Gasteiger partial charge in [0.05, 0.1) is 5.56 Å². The van der Waals surface area contributed by atoms with E-state index in [4.69, 9.17) is 17.0 Å². The molecule has 1 aromatic heterocycles. The zero-order chi connectivity index (χ0) is 18.5. The van der Waals surface area contributed by atoms with Crippen LogP contribution in [0, 0.1) is 0 Å². The minimum atomic E-state index is -0.265. The highest BCUT2D eigenvalue weighted by atomic mass is 32.1. The van der Waals surface area contributed by atoms with Gasteiger partial charge >= 0.3 is 5.97 Å². The number of hydrogen-bond donors (Lipinski definition) is 2. The highest BCUT2D eigenvalue weighted by Crippen LogP contribution is 2.33. The summed E-state index contributed by atoms with van der Waals surface area (Å²) in [5.74, 6) is -0.488. The number of carbonyl (C=O) groups is 2. The number of esters is 1. The minimum absolute atomic E-state index is 0.223. The number of fused-ring (bicyclic) bond motifs is 2. The second-order valence-electron chi connectivity index (χ2n) is 6.32. The maximum atomic E-state index is 11.9. The molecule has 5 rings (SSSR count). The van der Waals surface area contributed by atoms with Gasteiger partial charge in [0.25, 0.3) is 5.91 Å². The third-order valence-corrected chi connectivity index (χ3v) is 5.83. The largest absolute Gasteiger partial charge is 0.457 e. The predicted molar refractivity (Wildman–Crippen MR) is 108 cm³/mol. The Hall–Kier alpha value is -3.03. The summed E-state index contributed by atoms with van der Waals surface area (Å²) in [4.78, 5) is 23.5. The van der Waals surface area contributed by atoms with Gasteiger partial charge in [-0.25, -0.2) is 4.79 Å². The van der Waals surface area contributed by atoms with Crippen molar-refractivity contribution in [1.82, 2.24) is 10.6 Å². The number of cyclic esters (lactones) is 1. The van der Waals surface area contributed by atoms with E-state index in [1.54, 1.807) is 11.3 Å². The highest BCUT2D eigenvalue weighted by molar-refractivity contribution is 7.80. The van der Waals surface area contributed by atoms with Crippen LogP contribution < -0.4 is 10.6 Å². The SMILES string of the molecule is O=C1NC(=S)N/C1=C/c1csc2ccc(-c3ccc4c(c3)COC4=O)cc12. The van der Waals surface area contributed by atoms with Crippen molar-refractivity contribution >= 4 is 56.7 Å². The molecular weight excluding hydrogens is 380 g/mol. The Labute approximate surface area is 163 Å². The first-order valence-corrected chi connectivity index (χ1v) is 9.53. The second kappa shape index (κ2) is 6.00. The van der Waals surface area contributed by atoms with Crippen LogP contribution in [0.5, 0.6) is 0 Å². The van der Waals surface area contributed by atoms with Gasteiger partial charge in [0.2, 0.25) is 0 Å². The van der Waals surface area contributed by atoms with Crippen molar-refractivity contribution < 1.29 is 14.3 Å². The standard InChI is InChI=1S/C20H12N2O3S2/c23-18-16(21-20(26)22-18)7-13-9-27-17-4-2-11(6-15(13)17)10-1-3-14-12(5-10)8-25-19(14)24/h1-7,9H,8H2,(H2,21,22,23,26)/b16-7+. The molecule has 1 saturated heterocycles. The number of benzene rings is 2. The zero-order valence-electron chi connectivity index (χ0n) is 13.9. The summed E-state index contributed by atoms with van der Waals surface area (Å²) in [7, 11) is 0. The smallest absolute Gasteiger partial charge is 0.338 e. The summed E-state index contributed by atoms with van der Waals surface area (Å²) in [6.45, 7) is 0.320. The molecule has 0 atom stereocenters. The molecule has 1 amide bonds. The summed E-state index contributed by atoms with van der Waals surface area (Å²) in [6, 6.07) is 12.0. The summed E-state index contributed by atoms with van der Waals surface area (Å²) >= 11 is 6.60. The number of nitrogens with one attached hydrogen (secondary N) is 2. The van der Waals surface area contributed by atoms with Crippen molar-refractivity contribution in [2.24, 2.45) is 0 Å². The quantitative estimate of drug-likeness (QED) is 0.396. The molecule has 0 saturated carbocycles. The maximum Gasteiger partial charge on any atom is 0.338 e. The van der Waals surface area contributed by atoms with Crippen molar-refractivity contribution in [2.75, 3.05) is 0 Å². The van der Waals surface area contributed by atoms with E-state index < -0.39 is 0 Å². The van der Waals surface area contributed by atoms with E-state index in [0.717, 1.165) is 32.3 Å². The van der Waals surface area contributed by atoms with Crippen LogP contribution in [-0.4, -0.2) is 17.0 Å². The van der Waals surface area contributed by atoms with E-state index in [2.05, 4.69) is 28.8 Å². The van der Waals surface area contributed by atoms with Crippen LogP contribution in [0.15, 0.2) is 47.5 Å². The molecule has 132 valence electrons. The topological polar surface area (TPSA) is 67.4 Å². The monoisotopic (exact) mass is 392 g/mol. The van der Waals surface area contributed by atoms with Gasteiger partial charge in [0.15, 0.2) is 5.11 Å². The Morgan fingerprint density at radius 2 is 1.89 bits per heavy atom. The number of rotatable bonds is 2. The summed E-state index contributed by atoms with van der Waals surface area (Å²) in [5, 5.41) is 8.85. The third-order valence-electron chi connectivity index (χ3n) is 4.64. The molecule has 7 heteroatoms. The van der Waals surface area contributed by atoms with Gasteiger partial charge in [-0.2, -0.15) is 0 Å². The number of amides is 1. The van der Waals surface area contributed by atoms with Gasteiger partial charge < -0.3 is 10.1 Å². The Morgan fingerprint density at radius 1 is 1.07 bits per heavy atom. The first-order chi connectivity index (χ1) is 13.1. The van der Waals surface area contributed by atoms with Crippen LogP contribution in [-0.2, 0) is 16.1 Å². The van der Waals surface area contributed by atoms with Crippen LogP contribution in [0.1, 0.15) is 21.5 Å². The molecule has 3 heterocycles. The molecule has 0 aliphatic carbocycles. The van der Waals surface area contributed by atoms with Crippen LogP contribution >= 0.6 is 23.6 Å². The Morgan fingerprint density at radius 3 is 2.70 bits per heavy atom. The molecule has 0 bridgehead atoms. The van der Waals surface area contributed by atoms with Gasteiger partial charge in [-0.15, -0.1) is 11.3 Å². The van der Waals surface area contributed by atoms with E-state index in [1.807, 2.05) is 29.7 Å². The molecule has 2 N–H and O–H groups in total. The lowest BCUT2D eigenvalue weighted by Gasteiger charge is -2.05. The van der Waals surface area contributed by atoms with Crippen molar-refractivity contribution in [3.63, 3.8) is 0 Å². The average Bonchev–Trinajstić information content (AvgIpc) is 3.33. The van der Waals surface area contributed by atoms with Crippen molar-refractivity contribution in [3.8, 4) is 11.1 Å². The third kappa shape index (κ3) is 2.72. The molecule has 0 unspecified atom stereocenters. The number of ether oxygens (including phenoxy) is 1. The summed E-state index contributed by atoms with van der Waals surface area (Å²) < 4.78 is 6.21. The lowest BCUT2D eigenvalue weighted by atomic mass is 9.99.